The number of benzene rings is 3. The zero-order chi connectivity index (χ0) is 29.2. The van der Waals surface area contributed by atoms with Crippen LogP contribution in [-0.2, 0) is 12.8 Å². The minimum atomic E-state index is -0.679. The first-order valence-electron chi connectivity index (χ1n) is 13.9. The van der Waals surface area contributed by atoms with E-state index < -0.39 is 12.1 Å². The van der Waals surface area contributed by atoms with Crippen LogP contribution < -0.4 is 16.1 Å². The lowest BCUT2D eigenvalue weighted by Crippen LogP contribution is -2.48. The third-order valence-corrected chi connectivity index (χ3v) is 8.44. The summed E-state index contributed by atoms with van der Waals surface area (Å²) in [6, 6.07) is 24.2. The number of aryl methyl sites for hydroxylation is 2. The molecule has 0 unspecified atom stereocenters. The first kappa shape index (κ1) is 27.9. The molecule has 1 aliphatic carbocycles. The Bertz CT molecular complexity index is 1590. The highest BCUT2D eigenvalue weighted by molar-refractivity contribution is 6.33. The summed E-state index contributed by atoms with van der Waals surface area (Å²) in [6.45, 7) is 2.48. The molecule has 0 bridgehead atoms. The van der Waals surface area contributed by atoms with Gasteiger partial charge in [0.2, 0.25) is 0 Å². The van der Waals surface area contributed by atoms with E-state index in [1.807, 2.05) is 60.7 Å². The second-order valence-electron chi connectivity index (χ2n) is 10.4. The van der Waals surface area contributed by atoms with Crippen LogP contribution in [0.1, 0.15) is 38.7 Å². The lowest BCUT2D eigenvalue weighted by molar-refractivity contribution is 0.0746. The van der Waals surface area contributed by atoms with Gasteiger partial charge < -0.3 is 15.5 Å². The third kappa shape index (κ3) is 5.60. The van der Waals surface area contributed by atoms with E-state index in [0.717, 1.165) is 40.8 Å². The first-order chi connectivity index (χ1) is 20.4. The van der Waals surface area contributed by atoms with E-state index in [-0.39, 0.29) is 16.7 Å². The Kier molecular flexibility index (Phi) is 7.91. The number of carbonyl (C=O) groups excluding carboxylic acids is 2. The van der Waals surface area contributed by atoms with E-state index in [9.17, 15) is 9.59 Å². The van der Waals surface area contributed by atoms with Crippen molar-refractivity contribution in [3.63, 3.8) is 0 Å². The van der Waals surface area contributed by atoms with Crippen molar-refractivity contribution in [2.24, 2.45) is 5.73 Å². The molecule has 3 aromatic carbocycles. The Morgan fingerprint density at radius 1 is 0.857 bits per heavy atom. The summed E-state index contributed by atoms with van der Waals surface area (Å²) >= 11 is 12.8. The molecule has 0 atom stereocenters. The van der Waals surface area contributed by atoms with Crippen LogP contribution in [0.25, 0.3) is 0 Å². The van der Waals surface area contributed by atoms with Gasteiger partial charge in [-0.15, -0.1) is 0 Å². The van der Waals surface area contributed by atoms with Crippen molar-refractivity contribution in [1.29, 1.82) is 0 Å². The summed E-state index contributed by atoms with van der Waals surface area (Å²) in [5.74, 6) is 0.0806. The van der Waals surface area contributed by atoms with Crippen molar-refractivity contribution in [3.05, 3.63) is 123 Å². The smallest absolute Gasteiger partial charge is 0.334 e. The Morgan fingerprint density at radius 2 is 1.50 bits per heavy atom. The van der Waals surface area contributed by atoms with Crippen molar-refractivity contribution in [2.45, 2.75) is 18.9 Å². The normalized spacial score (nSPS) is 14.9. The highest BCUT2D eigenvalue weighted by Crippen LogP contribution is 2.37. The number of hydrogen-bond donors (Lipinski definition) is 2. The molecule has 4 aromatic rings. The van der Waals surface area contributed by atoms with Crippen LogP contribution in [0.5, 0.6) is 0 Å². The van der Waals surface area contributed by atoms with Gasteiger partial charge in [0, 0.05) is 43.1 Å². The van der Waals surface area contributed by atoms with Crippen molar-refractivity contribution in [1.82, 2.24) is 14.9 Å². The van der Waals surface area contributed by atoms with Gasteiger partial charge in [0.15, 0.2) is 5.82 Å². The van der Waals surface area contributed by atoms with Gasteiger partial charge in [0.1, 0.15) is 6.04 Å². The number of halogens is 2. The van der Waals surface area contributed by atoms with Crippen LogP contribution in [-0.4, -0.2) is 53.0 Å². The van der Waals surface area contributed by atoms with Crippen LogP contribution in [0.4, 0.5) is 16.3 Å². The van der Waals surface area contributed by atoms with Gasteiger partial charge in [-0.3, -0.25) is 10.2 Å². The number of nitrogens with zero attached hydrogens (tertiary/aromatic N) is 4. The summed E-state index contributed by atoms with van der Waals surface area (Å²) in [5.41, 5.74) is 14.7. The average molecular weight is 602 g/mol. The predicted octanol–water partition coefficient (Wildman–Crippen LogP) is 5.95. The number of rotatable bonds is 5. The summed E-state index contributed by atoms with van der Waals surface area (Å²) < 4.78 is 0. The third-order valence-electron chi connectivity index (χ3n) is 7.91. The van der Waals surface area contributed by atoms with Gasteiger partial charge in [-0.2, -0.15) is 0 Å². The number of carbonyl (C=O) groups is 2. The van der Waals surface area contributed by atoms with Crippen LogP contribution in [0.3, 0.4) is 0 Å². The minimum Gasteiger partial charge on any atom is -0.368 e. The number of amides is 3. The van der Waals surface area contributed by atoms with E-state index >= 15 is 0 Å². The first-order valence-corrected chi connectivity index (χ1v) is 14.6. The number of nitrogens with two attached hydrogens (primary N) is 1. The zero-order valence-corrected chi connectivity index (χ0v) is 24.4. The average Bonchev–Trinajstić information content (AvgIpc) is 3.17. The summed E-state index contributed by atoms with van der Waals surface area (Å²) in [6.07, 6.45) is 3.17. The molecule has 1 saturated heterocycles. The van der Waals surface area contributed by atoms with Crippen molar-refractivity contribution in [3.8, 4) is 0 Å². The lowest BCUT2D eigenvalue weighted by atomic mass is 9.94. The van der Waals surface area contributed by atoms with E-state index in [1.54, 1.807) is 11.0 Å². The molecule has 2 heterocycles. The molecule has 1 fully saturated rings. The maximum atomic E-state index is 13.3. The van der Waals surface area contributed by atoms with Crippen LogP contribution in [0.15, 0.2) is 85.1 Å². The number of hydrogen-bond acceptors (Lipinski definition) is 5. The maximum absolute atomic E-state index is 13.3. The van der Waals surface area contributed by atoms with Crippen LogP contribution in [0.2, 0.25) is 10.0 Å². The van der Waals surface area contributed by atoms with E-state index in [0.29, 0.717) is 36.8 Å². The van der Waals surface area contributed by atoms with Crippen molar-refractivity contribution >= 4 is 46.6 Å². The number of hydrazine groups is 1. The van der Waals surface area contributed by atoms with Gasteiger partial charge in [-0.25, -0.2) is 14.8 Å². The fourth-order valence-electron chi connectivity index (χ4n) is 5.79. The fourth-order valence-corrected chi connectivity index (χ4v) is 6.19. The highest BCUT2D eigenvalue weighted by atomic mass is 35.5. The molecule has 214 valence electrons. The second kappa shape index (κ2) is 11.9. The van der Waals surface area contributed by atoms with Crippen molar-refractivity contribution < 1.29 is 9.59 Å². The molecule has 0 radical (unpaired) electrons. The summed E-state index contributed by atoms with van der Waals surface area (Å²) in [4.78, 5) is 34.7. The number of pyridine rings is 1. The molecule has 3 N–H and O–H groups in total. The number of aromatic nitrogens is 1. The molecule has 42 heavy (non-hydrogen) atoms. The topological polar surface area (TPSA) is 94.8 Å². The molecule has 6 rings (SSSR count). The van der Waals surface area contributed by atoms with Crippen molar-refractivity contribution in [2.75, 3.05) is 36.5 Å². The monoisotopic (exact) mass is 600 g/mol. The van der Waals surface area contributed by atoms with E-state index in [2.05, 4.69) is 27.4 Å². The van der Waals surface area contributed by atoms with Crippen LogP contribution >= 0.6 is 23.2 Å². The number of fused-ring (bicyclic) bond motifs is 2. The molecule has 1 aliphatic heterocycles. The van der Waals surface area contributed by atoms with E-state index in [4.69, 9.17) is 28.9 Å². The lowest BCUT2D eigenvalue weighted by Gasteiger charge is -2.36. The minimum absolute atomic E-state index is 0.153. The predicted molar refractivity (Wildman–Crippen MR) is 166 cm³/mol. The van der Waals surface area contributed by atoms with Gasteiger partial charge in [0.05, 0.1) is 10.6 Å². The number of nitrogens with one attached hydrogen (secondary N) is 1. The molecular formula is C32H30Cl2N6O2. The van der Waals surface area contributed by atoms with Gasteiger partial charge in [-0.1, -0.05) is 77.8 Å². The molecule has 10 heteroatoms. The number of urea groups is 1. The Hall–Kier alpha value is -4.27. The SMILES string of the molecule is NC(=O)N(Nc1ncc(C(=O)N2CCN(c3cccc(Cl)c3)CC2)cc1Cl)C1c2ccccc2CCc2ccccc21. The Labute approximate surface area is 254 Å². The molecule has 0 saturated carbocycles. The van der Waals surface area contributed by atoms with Gasteiger partial charge in [-0.05, 0) is 59.4 Å². The standard InChI is InChI=1S/C32H30Cl2N6O2/c33-24-8-5-9-25(19-24)38-14-16-39(17-15-38)31(41)23-18-28(34)30(36-20-23)37-40(32(35)42)29-26-10-3-1-6-21(26)12-13-22-7-2-4-11-27(22)29/h1-11,18-20,29H,12-17H2,(H2,35,42)(H,36,37). The number of primary amides is 1. The molecule has 2 aliphatic rings. The maximum Gasteiger partial charge on any atom is 0.334 e. The molecule has 3 amide bonds. The molecule has 0 spiro atoms. The largest absolute Gasteiger partial charge is 0.368 e. The van der Waals surface area contributed by atoms with Gasteiger partial charge >= 0.3 is 6.03 Å². The zero-order valence-electron chi connectivity index (χ0n) is 22.8. The number of piperazine rings is 1. The van der Waals surface area contributed by atoms with E-state index in [1.165, 1.54) is 11.2 Å². The highest BCUT2D eigenvalue weighted by Gasteiger charge is 2.32. The molecule has 8 nitrogen and oxygen atoms in total. The second-order valence-corrected chi connectivity index (χ2v) is 11.3. The van der Waals surface area contributed by atoms with Gasteiger partial charge in [0.25, 0.3) is 5.91 Å². The summed E-state index contributed by atoms with van der Waals surface area (Å²) in [5, 5.41) is 2.26. The molecule has 1 aromatic heterocycles. The fraction of sp³-hybridized carbons (Fsp3) is 0.219. The number of anilines is 2. The Morgan fingerprint density at radius 3 is 2.10 bits per heavy atom. The quantitative estimate of drug-likeness (QED) is 0.276. The molecular weight excluding hydrogens is 571 g/mol. The Balaban J connectivity index is 1.22. The van der Waals surface area contributed by atoms with Crippen LogP contribution in [0, 0.1) is 0 Å². The summed E-state index contributed by atoms with van der Waals surface area (Å²) in [7, 11) is 0.